The number of nitrogens with one attached hydrogen (secondary N) is 1. The molecule has 2 aromatic rings. The van der Waals surface area contributed by atoms with Gasteiger partial charge in [-0.3, -0.25) is 5.10 Å². The fourth-order valence-electron chi connectivity index (χ4n) is 2.48. The zero-order chi connectivity index (χ0) is 14.2. The van der Waals surface area contributed by atoms with Crippen molar-refractivity contribution >= 4 is 22.1 Å². The van der Waals surface area contributed by atoms with Gasteiger partial charge >= 0.3 is 0 Å². The Balaban J connectivity index is 1.59. The van der Waals surface area contributed by atoms with Gasteiger partial charge in [-0.2, -0.15) is 5.10 Å². The van der Waals surface area contributed by atoms with Crippen molar-refractivity contribution in [1.82, 2.24) is 10.2 Å². The van der Waals surface area contributed by atoms with E-state index in [1.165, 1.54) is 0 Å². The van der Waals surface area contributed by atoms with Crippen LogP contribution in [0.2, 0.25) is 0 Å². The Labute approximate surface area is 129 Å². The van der Waals surface area contributed by atoms with E-state index in [4.69, 9.17) is 9.47 Å². The van der Waals surface area contributed by atoms with Gasteiger partial charge < -0.3 is 9.47 Å². The van der Waals surface area contributed by atoms with Gasteiger partial charge in [0.2, 0.25) is 6.79 Å². The van der Waals surface area contributed by atoms with Crippen LogP contribution < -0.4 is 0 Å². The zero-order valence-corrected chi connectivity index (χ0v) is 12.6. The maximum atomic E-state index is 5.42. The normalized spacial score (nSPS) is 20.1. The number of aromatic amines is 1. The SMILES string of the molecule is Brc1cccc(-c2cc(C3C=NC4=C(C3)OCO4)n[nH]2)c1. The van der Waals surface area contributed by atoms with Crippen molar-refractivity contribution in [1.29, 1.82) is 0 Å². The van der Waals surface area contributed by atoms with E-state index in [0.29, 0.717) is 5.88 Å². The van der Waals surface area contributed by atoms with Crippen LogP contribution in [0.25, 0.3) is 11.3 Å². The van der Waals surface area contributed by atoms with Crippen molar-refractivity contribution < 1.29 is 9.47 Å². The average Bonchev–Trinajstić information content (AvgIpc) is 3.15. The van der Waals surface area contributed by atoms with Crippen molar-refractivity contribution in [3.05, 3.63) is 52.1 Å². The van der Waals surface area contributed by atoms with Crippen LogP contribution in [-0.2, 0) is 9.47 Å². The number of hydrogen-bond donors (Lipinski definition) is 1. The number of nitrogens with zero attached hydrogens (tertiary/aromatic N) is 2. The monoisotopic (exact) mass is 345 g/mol. The quantitative estimate of drug-likeness (QED) is 0.904. The third-order valence-electron chi connectivity index (χ3n) is 3.56. The second kappa shape index (κ2) is 5.04. The minimum Gasteiger partial charge on any atom is -0.456 e. The summed E-state index contributed by atoms with van der Waals surface area (Å²) in [6.45, 7) is 0.262. The number of allylic oxidation sites excluding steroid dienone is 1. The summed E-state index contributed by atoms with van der Waals surface area (Å²) in [5.74, 6) is 1.53. The maximum absolute atomic E-state index is 5.42. The average molecular weight is 346 g/mol. The van der Waals surface area contributed by atoms with Crippen molar-refractivity contribution in [2.75, 3.05) is 6.79 Å². The molecule has 0 saturated carbocycles. The molecule has 0 amide bonds. The highest BCUT2D eigenvalue weighted by atomic mass is 79.9. The minimum atomic E-state index is 0.114. The lowest BCUT2D eigenvalue weighted by molar-refractivity contribution is 0.0693. The molecule has 1 aromatic carbocycles. The summed E-state index contributed by atoms with van der Waals surface area (Å²) < 4.78 is 11.7. The van der Waals surface area contributed by atoms with Gasteiger partial charge in [0, 0.05) is 28.6 Å². The second-order valence-corrected chi connectivity index (χ2v) is 5.86. The lowest BCUT2D eigenvalue weighted by Gasteiger charge is -2.12. The number of aromatic nitrogens is 2. The molecule has 1 unspecified atom stereocenters. The topological polar surface area (TPSA) is 59.5 Å². The predicted molar refractivity (Wildman–Crippen MR) is 81.6 cm³/mol. The number of benzene rings is 1. The Morgan fingerprint density at radius 3 is 3.10 bits per heavy atom. The van der Waals surface area contributed by atoms with Crippen molar-refractivity contribution in [2.45, 2.75) is 12.3 Å². The van der Waals surface area contributed by atoms with Crippen molar-refractivity contribution in [3.8, 4) is 11.3 Å². The largest absolute Gasteiger partial charge is 0.456 e. The molecular formula is C15H12BrN3O2. The number of ether oxygens (including phenoxy) is 2. The number of halogens is 1. The first kappa shape index (κ1) is 12.6. The molecule has 106 valence electrons. The summed E-state index contributed by atoms with van der Waals surface area (Å²) in [6, 6.07) is 10.2. The highest BCUT2D eigenvalue weighted by Crippen LogP contribution is 2.33. The fraction of sp³-hybridized carbons (Fsp3) is 0.200. The van der Waals surface area contributed by atoms with Gasteiger partial charge in [0.1, 0.15) is 0 Å². The van der Waals surface area contributed by atoms with Crippen LogP contribution in [0, 0.1) is 0 Å². The van der Waals surface area contributed by atoms with Gasteiger partial charge in [0.25, 0.3) is 5.88 Å². The first-order valence-electron chi connectivity index (χ1n) is 6.64. The molecule has 0 saturated heterocycles. The zero-order valence-electron chi connectivity index (χ0n) is 11.0. The van der Waals surface area contributed by atoms with Gasteiger partial charge in [-0.1, -0.05) is 28.1 Å². The van der Waals surface area contributed by atoms with Crippen LogP contribution in [0.15, 0.2) is 51.4 Å². The van der Waals surface area contributed by atoms with Gasteiger partial charge in [0.15, 0.2) is 5.76 Å². The summed E-state index contributed by atoms with van der Waals surface area (Å²) in [6.07, 6.45) is 2.61. The molecule has 1 aromatic heterocycles. The molecule has 5 nitrogen and oxygen atoms in total. The van der Waals surface area contributed by atoms with E-state index in [-0.39, 0.29) is 12.7 Å². The second-order valence-electron chi connectivity index (χ2n) is 4.94. The van der Waals surface area contributed by atoms with Crippen LogP contribution in [0.1, 0.15) is 18.0 Å². The van der Waals surface area contributed by atoms with Gasteiger partial charge in [-0.25, -0.2) is 4.99 Å². The lowest BCUT2D eigenvalue weighted by atomic mass is 9.99. The summed E-state index contributed by atoms with van der Waals surface area (Å²) in [5.41, 5.74) is 3.04. The summed E-state index contributed by atoms with van der Waals surface area (Å²) in [5, 5.41) is 7.50. The van der Waals surface area contributed by atoms with E-state index < -0.39 is 0 Å². The number of hydrogen-bond acceptors (Lipinski definition) is 4. The van der Waals surface area contributed by atoms with E-state index >= 15 is 0 Å². The standard InChI is InChI=1S/C15H12BrN3O2/c16-11-3-1-2-9(4-11)12-6-13(19-18-12)10-5-14-15(17-7-10)21-8-20-14/h1-4,6-7,10H,5,8H2,(H,18,19). The van der Waals surface area contributed by atoms with E-state index in [1.807, 2.05) is 24.4 Å². The highest BCUT2D eigenvalue weighted by Gasteiger charge is 2.27. The van der Waals surface area contributed by atoms with Gasteiger partial charge in [-0.05, 0) is 18.2 Å². The van der Waals surface area contributed by atoms with Crippen LogP contribution in [0.4, 0.5) is 0 Å². The molecule has 2 aliphatic rings. The molecule has 3 heterocycles. The fourth-order valence-corrected chi connectivity index (χ4v) is 2.88. The number of rotatable bonds is 2. The van der Waals surface area contributed by atoms with Crippen LogP contribution in [0.3, 0.4) is 0 Å². The minimum absolute atomic E-state index is 0.114. The van der Waals surface area contributed by atoms with E-state index in [0.717, 1.165) is 33.6 Å². The summed E-state index contributed by atoms with van der Waals surface area (Å²) in [7, 11) is 0. The Morgan fingerprint density at radius 2 is 2.19 bits per heavy atom. The maximum Gasteiger partial charge on any atom is 0.255 e. The lowest BCUT2D eigenvalue weighted by Crippen LogP contribution is -2.07. The van der Waals surface area contributed by atoms with Crippen LogP contribution in [0.5, 0.6) is 0 Å². The Bertz CT molecular complexity index is 751. The van der Waals surface area contributed by atoms with Crippen molar-refractivity contribution in [3.63, 3.8) is 0 Å². The first-order valence-corrected chi connectivity index (χ1v) is 7.43. The summed E-state index contributed by atoms with van der Waals surface area (Å²) >= 11 is 3.48. The Morgan fingerprint density at radius 1 is 1.24 bits per heavy atom. The molecule has 21 heavy (non-hydrogen) atoms. The molecule has 1 atom stereocenters. The Kier molecular flexibility index (Phi) is 3.03. The predicted octanol–water partition coefficient (Wildman–Crippen LogP) is 3.57. The molecule has 0 spiro atoms. The molecule has 1 N–H and O–H groups in total. The number of H-pyrrole nitrogens is 1. The third kappa shape index (κ3) is 2.35. The molecule has 2 aliphatic heterocycles. The molecular weight excluding hydrogens is 334 g/mol. The third-order valence-corrected chi connectivity index (χ3v) is 4.05. The van der Waals surface area contributed by atoms with Crippen LogP contribution in [-0.4, -0.2) is 23.2 Å². The van der Waals surface area contributed by atoms with Gasteiger partial charge in [0.05, 0.1) is 11.4 Å². The van der Waals surface area contributed by atoms with Crippen LogP contribution >= 0.6 is 15.9 Å². The molecule has 0 aliphatic carbocycles. The first-order chi connectivity index (χ1) is 10.3. The molecule has 0 fully saturated rings. The van der Waals surface area contributed by atoms with E-state index in [9.17, 15) is 0 Å². The molecule has 4 rings (SSSR count). The number of aliphatic imine (C=N–C) groups is 1. The van der Waals surface area contributed by atoms with E-state index in [2.05, 4.69) is 43.3 Å². The van der Waals surface area contributed by atoms with E-state index in [1.54, 1.807) is 0 Å². The smallest absolute Gasteiger partial charge is 0.255 e. The molecule has 6 heteroatoms. The Hall–Kier alpha value is -2.08. The molecule has 0 radical (unpaired) electrons. The van der Waals surface area contributed by atoms with Crippen molar-refractivity contribution in [2.24, 2.45) is 4.99 Å². The van der Waals surface area contributed by atoms with Gasteiger partial charge in [-0.15, -0.1) is 0 Å². The summed E-state index contributed by atoms with van der Waals surface area (Å²) in [4.78, 5) is 4.29. The molecule has 0 bridgehead atoms. The highest BCUT2D eigenvalue weighted by molar-refractivity contribution is 9.10.